The number of ether oxygens (including phenoxy) is 1. The van der Waals surface area contributed by atoms with Gasteiger partial charge in [0.05, 0.1) is 25.5 Å². The fraction of sp³-hybridized carbons (Fsp3) is 0.200. The van der Waals surface area contributed by atoms with Crippen molar-refractivity contribution in [2.45, 2.75) is 6.54 Å². The van der Waals surface area contributed by atoms with Gasteiger partial charge >= 0.3 is 6.03 Å². The van der Waals surface area contributed by atoms with E-state index in [1.165, 1.54) is 25.2 Å². The van der Waals surface area contributed by atoms with Crippen LogP contribution < -0.4 is 25.9 Å². The van der Waals surface area contributed by atoms with Crippen molar-refractivity contribution in [3.05, 3.63) is 101 Å². The monoisotopic (exact) mass is 594 g/mol. The lowest BCUT2D eigenvalue weighted by atomic mass is 10.2. The zero-order chi connectivity index (χ0) is 30.8. The van der Waals surface area contributed by atoms with Crippen molar-refractivity contribution >= 4 is 34.8 Å². The number of rotatable bonds is 9. The summed E-state index contributed by atoms with van der Waals surface area (Å²) in [6.45, 7) is 1.35. The summed E-state index contributed by atoms with van der Waals surface area (Å²) in [7, 11) is 5.18. The fourth-order valence-corrected chi connectivity index (χ4v) is 4.87. The van der Waals surface area contributed by atoms with E-state index in [-0.39, 0.29) is 23.0 Å². The minimum Gasteiger partial charge on any atom is -0.497 e. The number of anilines is 3. The van der Waals surface area contributed by atoms with Crippen LogP contribution in [0, 0.1) is 0 Å². The first-order valence-corrected chi connectivity index (χ1v) is 13.8. The molecule has 6 rings (SSSR count). The Labute approximate surface area is 252 Å². The van der Waals surface area contributed by atoms with E-state index < -0.39 is 5.91 Å². The molecule has 5 heterocycles. The fourth-order valence-electron chi connectivity index (χ4n) is 4.87. The number of pyridine rings is 2. The number of fused-ring (bicyclic) bond motifs is 1. The maximum Gasteiger partial charge on any atom is 0.338 e. The molecule has 0 atom stereocenters. The number of methoxy groups -OCH3 is 1. The molecule has 0 aliphatic carbocycles. The minimum absolute atomic E-state index is 0.115. The van der Waals surface area contributed by atoms with Crippen molar-refractivity contribution in [3.63, 3.8) is 0 Å². The van der Waals surface area contributed by atoms with Crippen molar-refractivity contribution in [3.8, 4) is 11.6 Å². The molecule has 14 heteroatoms. The quantitative estimate of drug-likeness (QED) is 0.263. The number of hydrogen-bond acceptors (Lipinski definition) is 9. The summed E-state index contributed by atoms with van der Waals surface area (Å²) in [6, 6.07) is 17.8. The maximum atomic E-state index is 13.4. The molecule has 2 N–H and O–H groups in total. The Balaban J connectivity index is 1.38. The molecule has 224 valence electrons. The zero-order valence-corrected chi connectivity index (χ0v) is 24.3. The normalized spacial score (nSPS) is 12.9. The van der Waals surface area contributed by atoms with Crippen LogP contribution in [0.25, 0.3) is 11.5 Å². The molecule has 1 aromatic carbocycles. The first kappa shape index (κ1) is 28.2. The van der Waals surface area contributed by atoms with Crippen molar-refractivity contribution in [1.29, 1.82) is 0 Å². The Bertz CT molecular complexity index is 1890. The second-order valence-corrected chi connectivity index (χ2v) is 10.2. The Morgan fingerprint density at radius 2 is 1.86 bits per heavy atom. The Kier molecular flexibility index (Phi) is 7.54. The number of hydrazine groups is 1. The molecular formula is C30H30N10O4. The number of carbonyl (C=O) groups excluding carboxylic acids is 2. The van der Waals surface area contributed by atoms with Crippen molar-refractivity contribution < 1.29 is 14.3 Å². The first-order chi connectivity index (χ1) is 21.3. The van der Waals surface area contributed by atoms with Crippen LogP contribution in [-0.2, 0) is 6.54 Å². The molecule has 5 aromatic rings. The molecule has 3 amide bonds. The summed E-state index contributed by atoms with van der Waals surface area (Å²) in [5.74, 6) is 0.973. The van der Waals surface area contributed by atoms with Gasteiger partial charge in [-0.25, -0.2) is 24.3 Å². The van der Waals surface area contributed by atoms with Gasteiger partial charge in [0, 0.05) is 45.6 Å². The standard InChI is InChI=1S/C30H30N10O4/c1-36-15-16-39(30(36)43)35-28(41)24-18-32-27-23(37(2)19-20-9-11-21(44-3)12-10-20)17-25(34-40(24)27)33-22-7-6-14-38(29(22)42)26-8-4-5-13-31-26/h4-14,17-18H,15-16,19H2,1-3H3,(H,33,34)(H,35,41). The van der Waals surface area contributed by atoms with Crippen molar-refractivity contribution in [2.24, 2.45) is 0 Å². The zero-order valence-electron chi connectivity index (χ0n) is 24.3. The predicted octanol–water partition coefficient (Wildman–Crippen LogP) is 2.68. The number of nitrogens with one attached hydrogen (secondary N) is 2. The lowest BCUT2D eigenvalue weighted by Crippen LogP contribution is -2.44. The first-order valence-electron chi connectivity index (χ1n) is 13.8. The van der Waals surface area contributed by atoms with Crippen LogP contribution in [0.1, 0.15) is 16.1 Å². The summed E-state index contributed by atoms with van der Waals surface area (Å²) in [5.41, 5.74) is 4.77. The van der Waals surface area contributed by atoms with Gasteiger partial charge in [-0.05, 0) is 42.0 Å². The molecule has 0 bridgehead atoms. The average Bonchev–Trinajstić information content (AvgIpc) is 3.61. The molecule has 1 saturated heterocycles. The van der Waals surface area contributed by atoms with Gasteiger partial charge in [0.1, 0.15) is 17.3 Å². The highest BCUT2D eigenvalue weighted by molar-refractivity contribution is 5.95. The molecular weight excluding hydrogens is 564 g/mol. The lowest BCUT2D eigenvalue weighted by molar-refractivity contribution is 0.0840. The van der Waals surface area contributed by atoms with Gasteiger partial charge in [0.15, 0.2) is 17.2 Å². The van der Waals surface area contributed by atoms with E-state index in [4.69, 9.17) is 4.74 Å². The second-order valence-electron chi connectivity index (χ2n) is 10.2. The Morgan fingerprint density at radius 1 is 1.05 bits per heavy atom. The summed E-state index contributed by atoms with van der Waals surface area (Å²) in [4.78, 5) is 51.4. The van der Waals surface area contributed by atoms with Gasteiger partial charge in [-0.15, -0.1) is 5.10 Å². The SMILES string of the molecule is COc1ccc(CN(C)c2cc(Nc3cccn(-c4ccccn4)c3=O)nn3c(C(=O)NN4CCN(C)C4=O)cnc23)cc1. The lowest BCUT2D eigenvalue weighted by Gasteiger charge is -2.21. The molecule has 1 aliphatic heterocycles. The topological polar surface area (TPSA) is 142 Å². The molecule has 0 saturated carbocycles. The molecule has 1 fully saturated rings. The van der Waals surface area contributed by atoms with Crippen LogP contribution in [0.4, 0.5) is 22.0 Å². The van der Waals surface area contributed by atoms with E-state index >= 15 is 0 Å². The van der Waals surface area contributed by atoms with Crippen LogP contribution in [0.5, 0.6) is 5.75 Å². The number of carbonyl (C=O) groups is 2. The second kappa shape index (κ2) is 11.8. The number of benzene rings is 1. The van der Waals surface area contributed by atoms with Crippen LogP contribution in [0.2, 0.25) is 0 Å². The smallest absolute Gasteiger partial charge is 0.338 e. The third-order valence-corrected chi connectivity index (χ3v) is 7.23. The van der Waals surface area contributed by atoms with Crippen molar-refractivity contribution in [2.75, 3.05) is 44.5 Å². The highest BCUT2D eigenvalue weighted by Gasteiger charge is 2.28. The molecule has 44 heavy (non-hydrogen) atoms. The average molecular weight is 595 g/mol. The summed E-state index contributed by atoms with van der Waals surface area (Å²) in [5, 5.41) is 9.02. The Hall–Kier alpha value is -5.92. The number of nitrogens with zero attached hydrogens (tertiary/aromatic N) is 8. The summed E-state index contributed by atoms with van der Waals surface area (Å²) in [6.07, 6.45) is 4.66. The largest absolute Gasteiger partial charge is 0.497 e. The minimum atomic E-state index is -0.549. The third-order valence-electron chi connectivity index (χ3n) is 7.23. The van der Waals surface area contributed by atoms with E-state index in [0.29, 0.717) is 42.6 Å². The van der Waals surface area contributed by atoms with Crippen LogP contribution >= 0.6 is 0 Å². The number of urea groups is 1. The van der Waals surface area contributed by atoms with Crippen LogP contribution in [-0.4, -0.2) is 80.3 Å². The number of aromatic nitrogens is 5. The third kappa shape index (κ3) is 5.47. The molecule has 4 aromatic heterocycles. The summed E-state index contributed by atoms with van der Waals surface area (Å²) < 4.78 is 8.11. The van der Waals surface area contributed by atoms with E-state index in [1.54, 1.807) is 62.9 Å². The molecule has 0 unspecified atom stereocenters. The number of hydrogen-bond donors (Lipinski definition) is 2. The molecule has 14 nitrogen and oxygen atoms in total. The highest BCUT2D eigenvalue weighted by atomic mass is 16.5. The van der Waals surface area contributed by atoms with Gasteiger partial charge in [0.25, 0.3) is 11.5 Å². The highest BCUT2D eigenvalue weighted by Crippen LogP contribution is 2.27. The Morgan fingerprint density at radius 3 is 2.57 bits per heavy atom. The van der Waals surface area contributed by atoms with E-state index in [9.17, 15) is 14.4 Å². The van der Waals surface area contributed by atoms with E-state index in [2.05, 4.69) is 25.8 Å². The van der Waals surface area contributed by atoms with Crippen LogP contribution in [0.3, 0.4) is 0 Å². The molecule has 1 aliphatic rings. The van der Waals surface area contributed by atoms with E-state index in [1.807, 2.05) is 36.2 Å². The van der Waals surface area contributed by atoms with Gasteiger partial charge < -0.3 is 19.9 Å². The van der Waals surface area contributed by atoms with Gasteiger partial charge in [-0.3, -0.25) is 19.6 Å². The van der Waals surface area contributed by atoms with Crippen molar-refractivity contribution in [1.82, 2.24) is 39.5 Å². The number of imidazole rings is 1. The van der Waals surface area contributed by atoms with Gasteiger partial charge in [-0.1, -0.05) is 18.2 Å². The van der Waals surface area contributed by atoms with Crippen LogP contribution in [0.15, 0.2) is 84.0 Å². The van der Waals surface area contributed by atoms with Gasteiger partial charge in [0.2, 0.25) is 0 Å². The molecule has 0 spiro atoms. The summed E-state index contributed by atoms with van der Waals surface area (Å²) >= 11 is 0. The predicted molar refractivity (Wildman–Crippen MR) is 163 cm³/mol. The molecule has 0 radical (unpaired) electrons. The number of likely N-dealkylation sites (N-methyl/N-ethyl adjacent to an activating group) is 1. The number of amides is 3. The van der Waals surface area contributed by atoms with E-state index in [0.717, 1.165) is 11.3 Å². The maximum absolute atomic E-state index is 13.4. The van der Waals surface area contributed by atoms with Gasteiger partial charge in [-0.2, -0.15) is 0 Å².